The molecule has 7 heteroatoms. The number of anilines is 2. The lowest BCUT2D eigenvalue weighted by Gasteiger charge is -2.54. The predicted octanol–water partition coefficient (Wildman–Crippen LogP) is 4.76. The minimum absolute atomic E-state index is 0.0816. The molecule has 184 valence electrons. The van der Waals surface area contributed by atoms with E-state index in [0.29, 0.717) is 11.6 Å². The van der Waals surface area contributed by atoms with Crippen LogP contribution in [0.1, 0.15) is 31.3 Å². The molecule has 1 amide bonds. The Morgan fingerprint density at radius 2 is 1.50 bits per heavy atom. The molecule has 0 spiro atoms. The van der Waals surface area contributed by atoms with Crippen molar-refractivity contribution in [2.24, 2.45) is 11.3 Å². The highest BCUT2D eigenvalue weighted by Crippen LogP contribution is 2.43. The second-order valence-corrected chi connectivity index (χ2v) is 13.4. The molecule has 1 aliphatic heterocycles. The monoisotopic (exact) mass is 513 g/mol. The van der Waals surface area contributed by atoms with Crippen molar-refractivity contribution in [3.05, 3.63) is 102 Å². The molecule has 1 aromatic heterocycles. The summed E-state index contributed by atoms with van der Waals surface area (Å²) in [6.45, 7) is 7.67. The maximum absolute atomic E-state index is 12.8. The van der Waals surface area contributed by atoms with Crippen molar-refractivity contribution in [1.82, 2.24) is 4.98 Å². The highest BCUT2D eigenvalue weighted by atomic mass is 32.1. The van der Waals surface area contributed by atoms with Crippen molar-refractivity contribution in [2.45, 2.75) is 27.0 Å². The van der Waals surface area contributed by atoms with Gasteiger partial charge in [-0.15, -0.1) is 11.3 Å². The smallest absolute Gasteiger partial charge is 0.275 e. The van der Waals surface area contributed by atoms with Crippen molar-refractivity contribution >= 4 is 47.5 Å². The van der Waals surface area contributed by atoms with E-state index in [1.807, 2.05) is 47.8 Å². The van der Waals surface area contributed by atoms with Gasteiger partial charge in [-0.05, 0) is 27.9 Å². The second-order valence-electron chi connectivity index (χ2n) is 10.2. The van der Waals surface area contributed by atoms with E-state index in [-0.39, 0.29) is 17.6 Å². The van der Waals surface area contributed by atoms with Gasteiger partial charge in [-0.1, -0.05) is 99.6 Å². The first-order valence-corrected chi connectivity index (χ1v) is 14.7. The summed E-state index contributed by atoms with van der Waals surface area (Å²) in [5, 5.41) is 8.10. The zero-order valence-electron chi connectivity index (χ0n) is 20.8. The molecule has 1 fully saturated rings. The SMILES string of the molecule is CC(C)(C)C1CN(c2nc(C(=O)Nc3ccccc3)cs2)C1O[SiH](c1ccccc1)c1ccccc1. The molecular formula is C29H31N3O2SSi. The number of hydrogen-bond donors (Lipinski definition) is 1. The molecule has 5 rings (SSSR count). The van der Waals surface area contributed by atoms with Crippen molar-refractivity contribution < 1.29 is 9.22 Å². The standard InChI is InChI=1S/C29H31N3O2SSi/c1-29(2,3)24-19-32(28-31-25(20-35-28)26(33)30-21-13-7-4-8-14-21)27(24)34-36(22-15-9-5-10-16-22)23-17-11-6-12-18-23/h4-18,20,24,27,36H,19H2,1-3H3,(H,30,33). The highest BCUT2D eigenvalue weighted by molar-refractivity contribution is 7.14. The molecule has 0 saturated carbocycles. The average molecular weight is 514 g/mol. The molecule has 0 bridgehead atoms. The molecule has 0 radical (unpaired) electrons. The van der Waals surface area contributed by atoms with Gasteiger partial charge in [0.05, 0.1) is 0 Å². The molecule has 3 aromatic carbocycles. The van der Waals surface area contributed by atoms with Crippen LogP contribution in [0.5, 0.6) is 0 Å². The first kappa shape index (κ1) is 24.4. The summed E-state index contributed by atoms with van der Waals surface area (Å²) in [6.07, 6.45) is -0.0988. The molecule has 2 unspecified atom stereocenters. The van der Waals surface area contributed by atoms with Gasteiger partial charge >= 0.3 is 0 Å². The molecular weight excluding hydrogens is 482 g/mol. The van der Waals surface area contributed by atoms with Crippen molar-refractivity contribution in [2.75, 3.05) is 16.8 Å². The summed E-state index contributed by atoms with van der Waals surface area (Å²) in [6, 6.07) is 30.6. The molecule has 1 N–H and O–H groups in total. The van der Waals surface area contributed by atoms with E-state index < -0.39 is 9.04 Å². The van der Waals surface area contributed by atoms with E-state index >= 15 is 0 Å². The zero-order chi connectivity index (χ0) is 25.1. The lowest BCUT2D eigenvalue weighted by molar-refractivity contribution is 0.00495. The Morgan fingerprint density at radius 3 is 2.06 bits per heavy atom. The van der Waals surface area contributed by atoms with Crippen LogP contribution in [0.2, 0.25) is 0 Å². The number of carbonyl (C=O) groups excluding carboxylic acids is 1. The fraction of sp³-hybridized carbons (Fsp3) is 0.241. The lowest BCUT2D eigenvalue weighted by Crippen LogP contribution is -2.65. The van der Waals surface area contributed by atoms with Gasteiger partial charge in [-0.25, -0.2) is 4.98 Å². The third-order valence-electron chi connectivity index (χ3n) is 6.64. The number of thiazole rings is 1. The second kappa shape index (κ2) is 10.4. The number of rotatable bonds is 7. The largest absolute Gasteiger partial charge is 0.391 e. The van der Waals surface area contributed by atoms with Crippen LogP contribution in [0.4, 0.5) is 10.8 Å². The Hall–Kier alpha value is -3.26. The van der Waals surface area contributed by atoms with E-state index in [1.54, 1.807) is 0 Å². The van der Waals surface area contributed by atoms with E-state index in [9.17, 15) is 4.79 Å². The maximum Gasteiger partial charge on any atom is 0.275 e. The van der Waals surface area contributed by atoms with E-state index in [0.717, 1.165) is 17.4 Å². The lowest BCUT2D eigenvalue weighted by atomic mass is 9.74. The molecule has 4 aromatic rings. The fourth-order valence-corrected chi connectivity index (χ4v) is 7.80. The Bertz CT molecular complexity index is 1250. The van der Waals surface area contributed by atoms with Crippen molar-refractivity contribution in [3.8, 4) is 0 Å². The Morgan fingerprint density at radius 1 is 0.944 bits per heavy atom. The summed E-state index contributed by atoms with van der Waals surface area (Å²) >= 11 is 1.50. The van der Waals surface area contributed by atoms with Crippen LogP contribution in [0.25, 0.3) is 0 Å². The van der Waals surface area contributed by atoms with Crippen LogP contribution in [0.3, 0.4) is 0 Å². The summed E-state index contributed by atoms with van der Waals surface area (Å²) < 4.78 is 7.06. The Balaban J connectivity index is 1.40. The molecule has 36 heavy (non-hydrogen) atoms. The zero-order valence-corrected chi connectivity index (χ0v) is 22.8. The van der Waals surface area contributed by atoms with Gasteiger partial charge in [0.2, 0.25) is 9.04 Å². The Labute approximate surface area is 218 Å². The highest BCUT2D eigenvalue weighted by Gasteiger charge is 2.48. The molecule has 2 heterocycles. The average Bonchev–Trinajstić information content (AvgIpc) is 3.34. The summed E-state index contributed by atoms with van der Waals surface area (Å²) in [5.74, 6) is 0.153. The third kappa shape index (κ3) is 5.28. The van der Waals surface area contributed by atoms with Crippen LogP contribution in [-0.4, -0.2) is 32.7 Å². The van der Waals surface area contributed by atoms with Crippen LogP contribution >= 0.6 is 11.3 Å². The van der Waals surface area contributed by atoms with Gasteiger partial charge < -0.3 is 14.6 Å². The summed E-state index contributed by atoms with van der Waals surface area (Å²) in [7, 11) is -1.95. The van der Waals surface area contributed by atoms with Gasteiger partial charge in [-0.2, -0.15) is 0 Å². The minimum Gasteiger partial charge on any atom is -0.391 e. The number of nitrogens with zero attached hydrogens (tertiary/aromatic N) is 2. The van der Waals surface area contributed by atoms with Crippen molar-refractivity contribution in [3.63, 3.8) is 0 Å². The van der Waals surface area contributed by atoms with E-state index in [4.69, 9.17) is 9.41 Å². The molecule has 5 nitrogen and oxygen atoms in total. The van der Waals surface area contributed by atoms with E-state index in [1.165, 1.54) is 21.7 Å². The number of carbonyl (C=O) groups is 1. The fourth-order valence-electron chi connectivity index (χ4n) is 4.50. The van der Waals surface area contributed by atoms with Crippen LogP contribution in [-0.2, 0) is 4.43 Å². The quantitative estimate of drug-likeness (QED) is 0.362. The summed E-state index contributed by atoms with van der Waals surface area (Å²) in [4.78, 5) is 19.7. The minimum atomic E-state index is -1.95. The van der Waals surface area contributed by atoms with Crippen molar-refractivity contribution in [1.29, 1.82) is 0 Å². The predicted molar refractivity (Wildman–Crippen MR) is 151 cm³/mol. The van der Waals surface area contributed by atoms with Gasteiger partial charge in [0.1, 0.15) is 11.9 Å². The molecule has 2 atom stereocenters. The number of aromatic nitrogens is 1. The number of hydrogen-bond acceptors (Lipinski definition) is 5. The Kier molecular flexibility index (Phi) is 7.05. The summed E-state index contributed by atoms with van der Waals surface area (Å²) in [5.41, 5.74) is 1.27. The number of nitrogens with one attached hydrogen (secondary N) is 1. The van der Waals surface area contributed by atoms with Gasteiger partial charge in [0.25, 0.3) is 5.91 Å². The van der Waals surface area contributed by atoms with E-state index in [2.05, 4.69) is 79.5 Å². The topological polar surface area (TPSA) is 54.5 Å². The first-order chi connectivity index (χ1) is 17.4. The van der Waals surface area contributed by atoms with Crippen LogP contribution in [0, 0.1) is 11.3 Å². The van der Waals surface area contributed by atoms with Gasteiger partial charge in [0.15, 0.2) is 5.13 Å². The number of amides is 1. The third-order valence-corrected chi connectivity index (χ3v) is 10.0. The van der Waals surface area contributed by atoms with Gasteiger partial charge in [-0.3, -0.25) is 4.79 Å². The maximum atomic E-state index is 12.8. The molecule has 1 aliphatic rings. The van der Waals surface area contributed by atoms with Crippen LogP contribution < -0.4 is 20.6 Å². The molecule has 0 aliphatic carbocycles. The normalized spacial score (nSPS) is 17.6. The first-order valence-electron chi connectivity index (χ1n) is 12.2. The number of benzene rings is 3. The van der Waals surface area contributed by atoms with Crippen LogP contribution in [0.15, 0.2) is 96.4 Å². The van der Waals surface area contributed by atoms with Gasteiger partial charge in [0, 0.05) is 23.5 Å². The number of para-hydroxylation sites is 1. The molecule has 1 saturated heterocycles.